The fourth-order valence-corrected chi connectivity index (χ4v) is 2.50. The summed E-state index contributed by atoms with van der Waals surface area (Å²) in [5.41, 5.74) is 2.29. The van der Waals surface area contributed by atoms with E-state index in [-0.39, 0.29) is 32.5 Å². The number of nitrogens with zero attached hydrogens (tertiary/aromatic N) is 4. The first-order chi connectivity index (χ1) is 13.0. The molecule has 0 bridgehead atoms. The molecular formula is C18H26N4O5. The topological polar surface area (TPSA) is 127 Å². The van der Waals surface area contributed by atoms with Crippen LogP contribution >= 0.6 is 0 Å². The highest BCUT2D eigenvalue weighted by Gasteiger charge is 2.16. The number of methoxy groups -OCH3 is 1. The number of carbonyl (C=O) groups excluding carboxylic acids is 1. The van der Waals surface area contributed by atoms with Gasteiger partial charge in [-0.3, -0.25) is 9.69 Å². The molecular weight excluding hydrogens is 352 g/mol. The van der Waals surface area contributed by atoms with Crippen LogP contribution in [0.2, 0.25) is 0 Å². The highest BCUT2D eigenvalue weighted by molar-refractivity contribution is 5.92. The molecule has 1 rings (SSSR count). The first kappa shape index (κ1) is 22.1. The maximum Gasteiger partial charge on any atom is 0.305 e. The van der Waals surface area contributed by atoms with Crippen molar-refractivity contribution in [3.63, 3.8) is 0 Å². The van der Waals surface area contributed by atoms with Crippen molar-refractivity contribution in [3.05, 3.63) is 35.9 Å². The van der Waals surface area contributed by atoms with E-state index >= 15 is 0 Å². The standard InChI is InChI=1S/C18H26N4O5/c1-14(19-24)11-22(12-16(20-25)8-9-18(23)27-2)13-17(21-26)10-15-6-4-3-5-7-15/h3-7,24-26H,8-13H2,1-2H3/b19-14-,20-16-,21-17+. The first-order valence-electron chi connectivity index (χ1n) is 8.42. The molecule has 0 spiro atoms. The van der Waals surface area contributed by atoms with Crippen LogP contribution in [0.5, 0.6) is 0 Å². The van der Waals surface area contributed by atoms with Gasteiger partial charge in [0.2, 0.25) is 0 Å². The van der Waals surface area contributed by atoms with Crippen molar-refractivity contribution in [2.75, 3.05) is 26.7 Å². The summed E-state index contributed by atoms with van der Waals surface area (Å²) in [5.74, 6) is -0.405. The fourth-order valence-electron chi connectivity index (χ4n) is 2.50. The van der Waals surface area contributed by atoms with Crippen LogP contribution in [0.4, 0.5) is 0 Å². The van der Waals surface area contributed by atoms with Crippen LogP contribution < -0.4 is 0 Å². The molecule has 0 amide bonds. The van der Waals surface area contributed by atoms with Crippen molar-refractivity contribution in [2.24, 2.45) is 15.5 Å². The molecule has 9 heteroatoms. The lowest BCUT2D eigenvalue weighted by Gasteiger charge is -2.22. The maximum atomic E-state index is 11.3. The highest BCUT2D eigenvalue weighted by Crippen LogP contribution is 2.05. The molecule has 0 aliphatic heterocycles. The van der Waals surface area contributed by atoms with E-state index in [4.69, 9.17) is 5.21 Å². The second-order valence-corrected chi connectivity index (χ2v) is 6.05. The van der Waals surface area contributed by atoms with E-state index in [1.54, 1.807) is 11.8 Å². The first-order valence-corrected chi connectivity index (χ1v) is 8.42. The Kier molecular flexibility index (Phi) is 10.2. The van der Waals surface area contributed by atoms with Crippen molar-refractivity contribution in [3.8, 4) is 0 Å². The van der Waals surface area contributed by atoms with Gasteiger partial charge in [0.05, 0.1) is 30.7 Å². The van der Waals surface area contributed by atoms with Crippen molar-refractivity contribution < 1.29 is 25.2 Å². The molecule has 3 N–H and O–H groups in total. The van der Waals surface area contributed by atoms with Crippen molar-refractivity contribution in [1.29, 1.82) is 0 Å². The number of hydrogen-bond donors (Lipinski definition) is 3. The molecule has 0 heterocycles. The van der Waals surface area contributed by atoms with E-state index in [2.05, 4.69) is 20.2 Å². The Labute approximate surface area is 158 Å². The van der Waals surface area contributed by atoms with E-state index in [1.165, 1.54) is 7.11 Å². The summed E-state index contributed by atoms with van der Waals surface area (Å²) < 4.78 is 4.59. The quantitative estimate of drug-likeness (QED) is 0.234. The van der Waals surface area contributed by atoms with Crippen LogP contribution in [0, 0.1) is 0 Å². The van der Waals surface area contributed by atoms with Gasteiger partial charge in [-0.2, -0.15) is 0 Å². The minimum Gasteiger partial charge on any atom is -0.469 e. The summed E-state index contributed by atoms with van der Waals surface area (Å²) in [6.07, 6.45) is 0.748. The third kappa shape index (κ3) is 8.82. The predicted octanol–water partition coefficient (Wildman–Crippen LogP) is 1.99. The van der Waals surface area contributed by atoms with Crippen LogP contribution in [0.15, 0.2) is 45.8 Å². The molecule has 0 atom stereocenters. The lowest BCUT2D eigenvalue weighted by atomic mass is 10.1. The molecule has 1 aromatic carbocycles. The van der Waals surface area contributed by atoms with Gasteiger partial charge in [0, 0.05) is 32.5 Å². The van der Waals surface area contributed by atoms with Crippen LogP contribution in [0.25, 0.3) is 0 Å². The number of hydrogen-bond acceptors (Lipinski definition) is 9. The molecule has 9 nitrogen and oxygen atoms in total. The molecule has 0 saturated heterocycles. The molecule has 27 heavy (non-hydrogen) atoms. The monoisotopic (exact) mass is 378 g/mol. The number of rotatable bonds is 11. The lowest BCUT2D eigenvalue weighted by Crippen LogP contribution is -2.38. The van der Waals surface area contributed by atoms with E-state index in [9.17, 15) is 15.2 Å². The minimum absolute atomic E-state index is 0.0851. The third-order valence-corrected chi connectivity index (χ3v) is 3.81. The van der Waals surface area contributed by atoms with Gasteiger partial charge in [-0.15, -0.1) is 0 Å². The van der Waals surface area contributed by atoms with Gasteiger partial charge >= 0.3 is 5.97 Å². The molecule has 148 valence electrons. The van der Waals surface area contributed by atoms with Gasteiger partial charge < -0.3 is 20.4 Å². The SMILES string of the molecule is COC(=O)CC/C(CN(C/C(C)=N\O)C/C(Cc1ccccc1)=N/O)=N/O. The minimum atomic E-state index is -0.405. The maximum absolute atomic E-state index is 11.3. The molecule has 0 radical (unpaired) electrons. The van der Waals surface area contributed by atoms with Gasteiger partial charge in [-0.25, -0.2) is 0 Å². The zero-order valence-corrected chi connectivity index (χ0v) is 15.6. The summed E-state index contributed by atoms with van der Waals surface area (Å²) in [6, 6.07) is 9.54. The van der Waals surface area contributed by atoms with Crippen molar-refractivity contribution >= 4 is 23.1 Å². The van der Waals surface area contributed by atoms with Gasteiger partial charge in [0.15, 0.2) is 0 Å². The summed E-state index contributed by atoms with van der Waals surface area (Å²) in [7, 11) is 1.29. The molecule has 0 unspecified atom stereocenters. The molecule has 0 aromatic heterocycles. The van der Waals surface area contributed by atoms with Gasteiger partial charge in [-0.05, 0) is 12.5 Å². The Balaban J connectivity index is 2.81. The Hall–Kier alpha value is -2.94. The number of carbonyl (C=O) groups is 1. The van der Waals surface area contributed by atoms with Crippen LogP contribution in [-0.2, 0) is 16.0 Å². The number of oxime groups is 3. The molecule has 1 aromatic rings. The zero-order chi connectivity index (χ0) is 20.1. The Morgan fingerprint density at radius 2 is 1.59 bits per heavy atom. The molecule has 0 aliphatic rings. The smallest absolute Gasteiger partial charge is 0.305 e. The van der Waals surface area contributed by atoms with E-state index in [0.717, 1.165) is 5.56 Å². The third-order valence-electron chi connectivity index (χ3n) is 3.81. The van der Waals surface area contributed by atoms with Crippen molar-refractivity contribution in [1.82, 2.24) is 4.90 Å². The summed E-state index contributed by atoms with van der Waals surface area (Å²) in [5, 5.41) is 37.3. The number of benzene rings is 1. The van der Waals surface area contributed by atoms with Crippen LogP contribution in [0.1, 0.15) is 25.3 Å². The van der Waals surface area contributed by atoms with Crippen LogP contribution in [0.3, 0.4) is 0 Å². The fraction of sp³-hybridized carbons (Fsp3) is 0.444. The summed E-state index contributed by atoms with van der Waals surface area (Å²) in [6.45, 7) is 2.37. The Morgan fingerprint density at radius 1 is 0.963 bits per heavy atom. The Morgan fingerprint density at radius 3 is 2.15 bits per heavy atom. The Bertz CT molecular complexity index is 674. The highest BCUT2D eigenvalue weighted by atomic mass is 16.5. The van der Waals surface area contributed by atoms with Crippen molar-refractivity contribution in [2.45, 2.75) is 26.2 Å². The average molecular weight is 378 g/mol. The van der Waals surface area contributed by atoms with E-state index in [1.807, 2.05) is 30.3 Å². The van der Waals surface area contributed by atoms with Crippen LogP contribution in [-0.4, -0.2) is 70.4 Å². The van der Waals surface area contributed by atoms with E-state index in [0.29, 0.717) is 23.6 Å². The molecule has 0 fully saturated rings. The zero-order valence-electron chi connectivity index (χ0n) is 15.6. The lowest BCUT2D eigenvalue weighted by molar-refractivity contribution is -0.140. The average Bonchev–Trinajstić information content (AvgIpc) is 2.70. The van der Waals surface area contributed by atoms with Gasteiger partial charge in [-0.1, -0.05) is 45.8 Å². The van der Waals surface area contributed by atoms with Gasteiger partial charge in [0.1, 0.15) is 0 Å². The van der Waals surface area contributed by atoms with E-state index < -0.39 is 5.97 Å². The second-order valence-electron chi connectivity index (χ2n) is 6.05. The summed E-state index contributed by atoms with van der Waals surface area (Å²) >= 11 is 0. The largest absolute Gasteiger partial charge is 0.469 e. The normalized spacial score (nSPS) is 13.1. The molecule has 0 saturated carbocycles. The number of ether oxygens (including phenoxy) is 1. The molecule has 0 aliphatic carbocycles. The number of esters is 1. The van der Waals surface area contributed by atoms with Gasteiger partial charge in [0.25, 0.3) is 0 Å². The second kappa shape index (κ2) is 12.4. The summed E-state index contributed by atoms with van der Waals surface area (Å²) in [4.78, 5) is 13.1. The predicted molar refractivity (Wildman–Crippen MR) is 101 cm³/mol.